The molecular formula is C25H26N2O3S. The number of rotatable bonds is 8. The number of ether oxygens (including phenoxy) is 1. The van der Waals surface area contributed by atoms with Crippen LogP contribution in [-0.2, 0) is 10.2 Å². The van der Waals surface area contributed by atoms with Gasteiger partial charge in [0, 0.05) is 16.8 Å². The molecule has 1 saturated carbocycles. The van der Waals surface area contributed by atoms with E-state index in [4.69, 9.17) is 4.74 Å². The van der Waals surface area contributed by atoms with E-state index in [2.05, 4.69) is 28.1 Å². The van der Waals surface area contributed by atoms with Crippen molar-refractivity contribution >= 4 is 23.2 Å². The number of amides is 2. The summed E-state index contributed by atoms with van der Waals surface area (Å²) in [6.07, 6.45) is 4.54. The van der Waals surface area contributed by atoms with Gasteiger partial charge in [0.2, 0.25) is 5.91 Å². The van der Waals surface area contributed by atoms with Crippen molar-refractivity contribution < 1.29 is 14.3 Å². The van der Waals surface area contributed by atoms with Crippen molar-refractivity contribution in [2.24, 2.45) is 0 Å². The molecule has 3 aromatic rings. The third-order valence-electron chi connectivity index (χ3n) is 5.74. The lowest BCUT2D eigenvalue weighted by atomic mass is 9.84. The number of para-hydroxylation sites is 2. The first-order valence-electron chi connectivity index (χ1n) is 10.6. The van der Waals surface area contributed by atoms with Gasteiger partial charge in [0.15, 0.2) is 0 Å². The maximum Gasteiger partial charge on any atom is 0.255 e. The highest BCUT2D eigenvalue weighted by Crippen LogP contribution is 2.42. The van der Waals surface area contributed by atoms with E-state index in [-0.39, 0.29) is 23.8 Å². The van der Waals surface area contributed by atoms with Crippen LogP contribution in [0.1, 0.15) is 40.9 Å². The minimum atomic E-state index is -0.337. The molecule has 160 valence electrons. The summed E-state index contributed by atoms with van der Waals surface area (Å²) in [7, 11) is 0. The molecule has 5 nitrogen and oxygen atoms in total. The van der Waals surface area contributed by atoms with Gasteiger partial charge in [-0.15, -0.1) is 11.3 Å². The smallest absolute Gasteiger partial charge is 0.255 e. The Balaban J connectivity index is 1.33. The molecule has 0 unspecified atom stereocenters. The summed E-state index contributed by atoms with van der Waals surface area (Å²) in [5.74, 6) is 0.582. The first-order chi connectivity index (χ1) is 15.2. The van der Waals surface area contributed by atoms with Crippen molar-refractivity contribution in [1.82, 2.24) is 10.6 Å². The summed E-state index contributed by atoms with van der Waals surface area (Å²) >= 11 is 1.75. The number of carbonyl (C=O) groups is 2. The lowest BCUT2D eigenvalue weighted by molar-refractivity contribution is -0.120. The Morgan fingerprint density at radius 1 is 0.903 bits per heavy atom. The molecule has 0 bridgehead atoms. The average molecular weight is 435 g/mol. The highest BCUT2D eigenvalue weighted by atomic mass is 32.1. The van der Waals surface area contributed by atoms with Crippen molar-refractivity contribution in [2.45, 2.75) is 31.1 Å². The minimum Gasteiger partial charge on any atom is -0.457 e. The molecular weight excluding hydrogens is 408 g/mol. The predicted molar refractivity (Wildman–Crippen MR) is 123 cm³/mol. The highest BCUT2D eigenvalue weighted by molar-refractivity contribution is 7.10. The molecule has 1 aliphatic rings. The van der Waals surface area contributed by atoms with Crippen LogP contribution < -0.4 is 15.4 Å². The third kappa shape index (κ3) is 5.14. The van der Waals surface area contributed by atoms with E-state index in [1.54, 1.807) is 29.5 Å². The van der Waals surface area contributed by atoms with Crippen LogP contribution in [0.25, 0.3) is 0 Å². The summed E-state index contributed by atoms with van der Waals surface area (Å²) in [6.45, 7) is 0.537. The second-order valence-corrected chi connectivity index (χ2v) is 8.78. The first kappa shape index (κ1) is 21.1. The number of carbonyl (C=O) groups excluding carboxylic acids is 2. The van der Waals surface area contributed by atoms with Gasteiger partial charge in [0.25, 0.3) is 5.91 Å². The van der Waals surface area contributed by atoms with E-state index in [0.29, 0.717) is 23.6 Å². The number of thiophene rings is 1. The monoisotopic (exact) mass is 434 g/mol. The molecule has 2 N–H and O–H groups in total. The van der Waals surface area contributed by atoms with Gasteiger partial charge in [-0.2, -0.15) is 0 Å². The zero-order valence-corrected chi connectivity index (χ0v) is 18.1. The van der Waals surface area contributed by atoms with Crippen molar-refractivity contribution in [2.75, 3.05) is 13.1 Å². The number of nitrogens with one attached hydrogen (secondary N) is 2. The normalized spacial score (nSPS) is 14.7. The fourth-order valence-corrected chi connectivity index (χ4v) is 5.07. The van der Waals surface area contributed by atoms with Crippen LogP contribution in [0.2, 0.25) is 0 Å². The molecule has 4 rings (SSSR count). The van der Waals surface area contributed by atoms with E-state index in [0.717, 1.165) is 12.8 Å². The molecule has 2 aromatic carbocycles. The molecule has 0 spiro atoms. The highest BCUT2D eigenvalue weighted by Gasteiger charge is 2.36. The average Bonchev–Trinajstić information content (AvgIpc) is 3.50. The predicted octanol–water partition coefficient (Wildman–Crippen LogP) is 4.90. The standard InChI is InChI=1S/C25H26N2O3S/c28-23(27-18-25(14-6-7-15-25)22-13-8-16-31-22)17-26-24(29)20-11-4-5-12-21(20)30-19-9-2-1-3-10-19/h1-5,8-13,16H,6-7,14-15,17-18H2,(H,26,29)(H,27,28). The minimum absolute atomic E-state index is 0.0317. The van der Waals surface area contributed by atoms with Gasteiger partial charge in [0.05, 0.1) is 12.1 Å². The van der Waals surface area contributed by atoms with Crippen LogP contribution in [0, 0.1) is 0 Å². The van der Waals surface area contributed by atoms with Crippen LogP contribution in [0.15, 0.2) is 72.1 Å². The van der Waals surface area contributed by atoms with Crippen LogP contribution in [0.4, 0.5) is 0 Å². The molecule has 31 heavy (non-hydrogen) atoms. The quantitative estimate of drug-likeness (QED) is 0.530. The van der Waals surface area contributed by atoms with E-state index in [9.17, 15) is 9.59 Å². The van der Waals surface area contributed by atoms with Crippen LogP contribution in [0.3, 0.4) is 0 Å². The molecule has 1 aromatic heterocycles. The Bertz CT molecular complexity index is 1010. The fraction of sp³-hybridized carbons (Fsp3) is 0.280. The Morgan fingerprint density at radius 3 is 2.39 bits per heavy atom. The molecule has 0 saturated heterocycles. The summed E-state index contributed by atoms with van der Waals surface area (Å²) in [4.78, 5) is 26.5. The molecule has 1 heterocycles. The van der Waals surface area contributed by atoms with Crippen molar-refractivity contribution in [1.29, 1.82) is 0 Å². The first-order valence-corrected chi connectivity index (χ1v) is 11.5. The molecule has 6 heteroatoms. The third-order valence-corrected chi connectivity index (χ3v) is 6.86. The lowest BCUT2D eigenvalue weighted by Gasteiger charge is -2.28. The van der Waals surface area contributed by atoms with E-state index in [1.165, 1.54) is 17.7 Å². The van der Waals surface area contributed by atoms with Crippen LogP contribution in [-0.4, -0.2) is 24.9 Å². The van der Waals surface area contributed by atoms with Gasteiger partial charge in [0.1, 0.15) is 11.5 Å². The van der Waals surface area contributed by atoms with Gasteiger partial charge in [-0.1, -0.05) is 49.2 Å². The number of benzene rings is 2. The van der Waals surface area contributed by atoms with Gasteiger partial charge >= 0.3 is 0 Å². The maximum absolute atomic E-state index is 12.7. The van der Waals surface area contributed by atoms with Crippen molar-refractivity contribution in [3.8, 4) is 11.5 Å². The summed E-state index contributed by atoms with van der Waals surface area (Å²) < 4.78 is 5.85. The zero-order valence-electron chi connectivity index (χ0n) is 17.3. The topological polar surface area (TPSA) is 67.4 Å². The largest absolute Gasteiger partial charge is 0.457 e. The lowest BCUT2D eigenvalue weighted by Crippen LogP contribution is -2.43. The Labute approximate surface area is 186 Å². The second kappa shape index (κ2) is 9.79. The van der Waals surface area contributed by atoms with Crippen molar-refractivity contribution in [3.63, 3.8) is 0 Å². The van der Waals surface area contributed by atoms with Gasteiger partial charge in [-0.25, -0.2) is 0 Å². The summed E-state index contributed by atoms with van der Waals surface area (Å²) in [6, 6.07) is 20.5. The number of hydrogen-bond donors (Lipinski definition) is 2. The maximum atomic E-state index is 12.7. The van der Waals surface area contributed by atoms with E-state index >= 15 is 0 Å². The molecule has 0 aliphatic heterocycles. The molecule has 1 aliphatic carbocycles. The molecule has 2 amide bonds. The van der Waals surface area contributed by atoms with Gasteiger partial charge in [-0.05, 0) is 48.6 Å². The zero-order chi connectivity index (χ0) is 21.5. The van der Waals surface area contributed by atoms with E-state index in [1.807, 2.05) is 36.4 Å². The Hall–Kier alpha value is -3.12. The molecule has 1 fully saturated rings. The molecule has 0 atom stereocenters. The van der Waals surface area contributed by atoms with Crippen molar-refractivity contribution in [3.05, 3.63) is 82.6 Å². The second-order valence-electron chi connectivity index (χ2n) is 7.84. The fourth-order valence-electron chi connectivity index (χ4n) is 4.09. The number of hydrogen-bond acceptors (Lipinski definition) is 4. The SMILES string of the molecule is O=C(CNC(=O)c1ccccc1Oc1ccccc1)NCC1(c2cccs2)CCCC1. The van der Waals surface area contributed by atoms with Crippen LogP contribution in [0.5, 0.6) is 11.5 Å². The molecule has 0 radical (unpaired) electrons. The van der Waals surface area contributed by atoms with Gasteiger partial charge in [-0.3, -0.25) is 9.59 Å². The summed E-state index contributed by atoms with van der Waals surface area (Å²) in [5.41, 5.74) is 0.425. The Morgan fingerprint density at radius 2 is 1.65 bits per heavy atom. The van der Waals surface area contributed by atoms with Crippen LogP contribution >= 0.6 is 11.3 Å². The van der Waals surface area contributed by atoms with E-state index < -0.39 is 0 Å². The Kier molecular flexibility index (Phi) is 6.67. The van der Waals surface area contributed by atoms with Gasteiger partial charge < -0.3 is 15.4 Å². The summed E-state index contributed by atoms with van der Waals surface area (Å²) in [5, 5.41) is 7.85.